The van der Waals surface area contributed by atoms with Gasteiger partial charge in [-0.2, -0.15) is 4.98 Å². The topological polar surface area (TPSA) is 68.0 Å². The Morgan fingerprint density at radius 1 is 1.27 bits per heavy atom. The lowest BCUT2D eigenvalue weighted by molar-refractivity contribution is 0.0855. The summed E-state index contributed by atoms with van der Waals surface area (Å²) in [5, 5.41) is 7.30. The van der Waals surface area contributed by atoms with E-state index in [0.717, 1.165) is 41.0 Å². The van der Waals surface area contributed by atoms with Gasteiger partial charge in [-0.1, -0.05) is 24.4 Å². The van der Waals surface area contributed by atoms with E-state index in [9.17, 15) is 4.79 Å². The monoisotopic (exact) mass is 319 g/mol. The Kier molecular flexibility index (Phi) is 4.04. The highest BCUT2D eigenvalue weighted by molar-refractivity contribution is 7.12. The molecule has 0 radical (unpaired) electrons. The molecule has 0 spiro atoms. The van der Waals surface area contributed by atoms with Crippen molar-refractivity contribution in [2.45, 2.75) is 58.4 Å². The Balaban J connectivity index is 1.90. The van der Waals surface area contributed by atoms with Crippen molar-refractivity contribution in [1.82, 2.24) is 15.5 Å². The van der Waals surface area contributed by atoms with E-state index in [1.807, 2.05) is 19.9 Å². The van der Waals surface area contributed by atoms with E-state index >= 15 is 0 Å². The minimum Gasteiger partial charge on any atom is -0.340 e. The third-order valence-electron chi connectivity index (χ3n) is 4.30. The normalized spacial score (nSPS) is 17.4. The molecule has 0 saturated heterocycles. The molecule has 2 heterocycles. The number of nitrogens with one attached hydrogen (secondary N) is 1. The summed E-state index contributed by atoms with van der Waals surface area (Å²) >= 11 is 1.65. The molecule has 1 aliphatic carbocycles. The summed E-state index contributed by atoms with van der Waals surface area (Å²) in [6, 6.07) is 1.95. The number of rotatable bonds is 3. The van der Waals surface area contributed by atoms with Crippen molar-refractivity contribution < 1.29 is 9.32 Å². The maximum atomic E-state index is 12.7. The highest BCUT2D eigenvalue weighted by Gasteiger charge is 2.40. The van der Waals surface area contributed by atoms with Gasteiger partial charge in [-0.3, -0.25) is 4.79 Å². The van der Waals surface area contributed by atoms with Gasteiger partial charge in [0.25, 0.3) is 5.91 Å². The Labute approximate surface area is 134 Å². The molecule has 1 fully saturated rings. The van der Waals surface area contributed by atoms with Crippen LogP contribution in [0, 0.1) is 20.8 Å². The van der Waals surface area contributed by atoms with Crippen molar-refractivity contribution >= 4 is 17.2 Å². The molecule has 6 heteroatoms. The largest absolute Gasteiger partial charge is 0.340 e. The molecule has 1 aliphatic rings. The van der Waals surface area contributed by atoms with Crippen LogP contribution >= 0.6 is 11.3 Å². The van der Waals surface area contributed by atoms with E-state index in [0.29, 0.717) is 11.7 Å². The Hall–Kier alpha value is -1.69. The number of carbonyl (C=O) groups excluding carboxylic acids is 1. The Bertz CT molecular complexity index is 683. The van der Waals surface area contributed by atoms with Crippen molar-refractivity contribution in [2.24, 2.45) is 0 Å². The van der Waals surface area contributed by atoms with E-state index in [1.165, 1.54) is 6.42 Å². The lowest BCUT2D eigenvalue weighted by Gasteiger charge is -2.35. The summed E-state index contributed by atoms with van der Waals surface area (Å²) < 4.78 is 5.15. The van der Waals surface area contributed by atoms with Crippen molar-refractivity contribution in [1.29, 1.82) is 0 Å². The fourth-order valence-corrected chi connectivity index (χ4v) is 4.12. The standard InChI is InChI=1S/C16H21N3O2S/c1-10-9-13(11(2)22-10)14(20)18-16(7-5-4-6-8-16)15-17-12(3)21-19-15/h9H,4-8H2,1-3H3,(H,18,20). The molecule has 0 aromatic carbocycles. The summed E-state index contributed by atoms with van der Waals surface area (Å²) in [7, 11) is 0. The minimum atomic E-state index is -0.491. The van der Waals surface area contributed by atoms with E-state index in [-0.39, 0.29) is 5.91 Å². The van der Waals surface area contributed by atoms with Crippen molar-refractivity contribution in [3.63, 3.8) is 0 Å². The molecule has 1 amide bonds. The molecule has 1 N–H and O–H groups in total. The lowest BCUT2D eigenvalue weighted by Crippen LogP contribution is -2.48. The van der Waals surface area contributed by atoms with E-state index in [1.54, 1.807) is 18.3 Å². The first-order valence-corrected chi connectivity index (χ1v) is 8.52. The van der Waals surface area contributed by atoms with Crippen LogP contribution in [0.3, 0.4) is 0 Å². The summed E-state index contributed by atoms with van der Waals surface area (Å²) in [6.45, 7) is 5.78. The molecule has 0 atom stereocenters. The Morgan fingerprint density at radius 3 is 2.55 bits per heavy atom. The molecule has 2 aromatic rings. The first-order chi connectivity index (χ1) is 10.5. The molecule has 0 aliphatic heterocycles. The van der Waals surface area contributed by atoms with E-state index in [4.69, 9.17) is 4.52 Å². The highest BCUT2D eigenvalue weighted by Crippen LogP contribution is 2.36. The van der Waals surface area contributed by atoms with Crippen LogP contribution in [-0.2, 0) is 5.54 Å². The van der Waals surface area contributed by atoms with Crippen molar-refractivity contribution in [3.8, 4) is 0 Å². The van der Waals surface area contributed by atoms with Gasteiger partial charge in [0.1, 0.15) is 5.54 Å². The molecular formula is C16H21N3O2S. The zero-order valence-corrected chi connectivity index (χ0v) is 14.0. The van der Waals surface area contributed by atoms with Gasteiger partial charge in [0, 0.05) is 16.7 Å². The molecule has 5 nitrogen and oxygen atoms in total. The zero-order valence-electron chi connectivity index (χ0n) is 13.2. The van der Waals surface area contributed by atoms with E-state index in [2.05, 4.69) is 15.5 Å². The first kappa shape index (κ1) is 15.2. The number of hydrogen-bond donors (Lipinski definition) is 1. The van der Waals surface area contributed by atoms with Crippen LogP contribution in [0.2, 0.25) is 0 Å². The quantitative estimate of drug-likeness (QED) is 0.937. The zero-order chi connectivity index (χ0) is 15.7. The fourth-order valence-electron chi connectivity index (χ4n) is 3.19. The second-order valence-corrected chi connectivity index (χ2v) is 7.52. The number of aromatic nitrogens is 2. The summed E-state index contributed by atoms with van der Waals surface area (Å²) in [5.74, 6) is 1.12. The predicted molar refractivity (Wildman–Crippen MR) is 85.1 cm³/mol. The molecule has 3 rings (SSSR count). The van der Waals surface area contributed by atoms with Gasteiger partial charge in [-0.25, -0.2) is 0 Å². The first-order valence-electron chi connectivity index (χ1n) is 7.70. The molecule has 0 unspecified atom stereocenters. The lowest BCUT2D eigenvalue weighted by atomic mass is 9.80. The average molecular weight is 319 g/mol. The van der Waals surface area contributed by atoms with Gasteiger partial charge in [0.15, 0.2) is 5.82 Å². The Morgan fingerprint density at radius 2 is 2.00 bits per heavy atom. The number of thiophene rings is 1. The van der Waals surface area contributed by atoms with Crippen LogP contribution in [0.4, 0.5) is 0 Å². The number of amides is 1. The molecular weight excluding hydrogens is 298 g/mol. The molecule has 0 bridgehead atoms. The number of carbonyl (C=O) groups is 1. The van der Waals surface area contributed by atoms with Crippen molar-refractivity contribution in [3.05, 3.63) is 33.1 Å². The van der Waals surface area contributed by atoms with Gasteiger partial charge in [-0.05, 0) is 32.8 Å². The summed E-state index contributed by atoms with van der Waals surface area (Å²) in [4.78, 5) is 19.3. The van der Waals surface area contributed by atoms with Gasteiger partial charge >= 0.3 is 0 Å². The molecule has 118 valence electrons. The van der Waals surface area contributed by atoms with Gasteiger partial charge in [0.05, 0.1) is 5.56 Å². The number of hydrogen-bond acceptors (Lipinski definition) is 5. The van der Waals surface area contributed by atoms with Crippen LogP contribution in [0.1, 0.15) is 63.9 Å². The van der Waals surface area contributed by atoms with Gasteiger partial charge in [-0.15, -0.1) is 11.3 Å². The SMILES string of the molecule is Cc1nc(C2(NC(=O)c3cc(C)sc3C)CCCCC2)no1. The number of aryl methyl sites for hydroxylation is 3. The minimum absolute atomic E-state index is 0.0359. The third-order valence-corrected chi connectivity index (χ3v) is 5.27. The maximum absolute atomic E-state index is 12.7. The van der Waals surface area contributed by atoms with E-state index < -0.39 is 5.54 Å². The van der Waals surface area contributed by atoms with Crippen LogP contribution in [0.5, 0.6) is 0 Å². The van der Waals surface area contributed by atoms with Crippen LogP contribution in [0.15, 0.2) is 10.6 Å². The maximum Gasteiger partial charge on any atom is 0.253 e. The van der Waals surface area contributed by atoms with Crippen molar-refractivity contribution in [2.75, 3.05) is 0 Å². The second-order valence-electron chi connectivity index (χ2n) is 6.06. The third kappa shape index (κ3) is 2.79. The summed E-state index contributed by atoms with van der Waals surface area (Å²) in [5.41, 5.74) is 0.266. The molecule has 2 aromatic heterocycles. The smallest absolute Gasteiger partial charge is 0.253 e. The predicted octanol–water partition coefficient (Wildman–Crippen LogP) is 3.65. The fraction of sp³-hybridized carbons (Fsp3) is 0.562. The number of nitrogens with zero attached hydrogens (tertiary/aromatic N) is 2. The summed E-state index contributed by atoms with van der Waals surface area (Å²) in [6.07, 6.45) is 5.04. The highest BCUT2D eigenvalue weighted by atomic mass is 32.1. The second kappa shape index (κ2) is 5.83. The molecule has 22 heavy (non-hydrogen) atoms. The molecule has 1 saturated carbocycles. The van der Waals surface area contributed by atoms with Crippen LogP contribution < -0.4 is 5.32 Å². The van der Waals surface area contributed by atoms with Gasteiger partial charge in [0.2, 0.25) is 5.89 Å². The average Bonchev–Trinajstić information content (AvgIpc) is 3.06. The van der Waals surface area contributed by atoms with Crippen LogP contribution in [0.25, 0.3) is 0 Å². The van der Waals surface area contributed by atoms with Crippen LogP contribution in [-0.4, -0.2) is 16.0 Å². The van der Waals surface area contributed by atoms with Gasteiger partial charge < -0.3 is 9.84 Å².